The molecule has 1 saturated heterocycles. The average Bonchev–Trinajstić information content (AvgIpc) is 3.12. The molecule has 1 aromatic carbocycles. The van der Waals surface area contributed by atoms with Gasteiger partial charge in [0.25, 0.3) is 0 Å². The van der Waals surface area contributed by atoms with E-state index in [-0.39, 0.29) is 23.9 Å². The van der Waals surface area contributed by atoms with Crippen molar-refractivity contribution in [3.63, 3.8) is 0 Å². The molecule has 0 saturated carbocycles. The van der Waals surface area contributed by atoms with Gasteiger partial charge < -0.3 is 9.91 Å². The van der Waals surface area contributed by atoms with Gasteiger partial charge in [-0.1, -0.05) is 24.2 Å². The number of pyridine rings is 1. The van der Waals surface area contributed by atoms with E-state index in [0.717, 1.165) is 11.1 Å². The summed E-state index contributed by atoms with van der Waals surface area (Å²) in [5, 5.41) is 11.8. The molecule has 1 amide bonds. The van der Waals surface area contributed by atoms with Crippen molar-refractivity contribution in [1.29, 1.82) is 5.26 Å². The van der Waals surface area contributed by atoms with Gasteiger partial charge in [0.2, 0.25) is 5.91 Å². The molecule has 2 aliphatic rings. The second-order valence-corrected chi connectivity index (χ2v) is 7.14. The van der Waals surface area contributed by atoms with Crippen LogP contribution >= 0.6 is 11.6 Å². The zero-order valence-corrected chi connectivity index (χ0v) is 15.8. The maximum atomic E-state index is 12.1. The number of hydrazine groups is 1. The van der Waals surface area contributed by atoms with Gasteiger partial charge in [-0.25, -0.2) is 5.43 Å². The molecule has 3 unspecified atom stereocenters. The van der Waals surface area contributed by atoms with Crippen molar-refractivity contribution in [2.75, 3.05) is 6.54 Å². The van der Waals surface area contributed by atoms with Gasteiger partial charge in [-0.3, -0.25) is 9.78 Å². The first kappa shape index (κ1) is 18.2. The van der Waals surface area contributed by atoms with E-state index in [0.29, 0.717) is 17.1 Å². The largest absolute Gasteiger partial charge is 0.312 e. The lowest BCUT2D eigenvalue weighted by Crippen LogP contribution is -2.46. The molecular weight excluding hydrogens is 374 g/mol. The van der Waals surface area contributed by atoms with Crippen LogP contribution in [0.4, 0.5) is 0 Å². The first-order valence-corrected chi connectivity index (χ1v) is 9.25. The first-order chi connectivity index (χ1) is 13.6. The molecule has 6 nitrogen and oxygen atoms in total. The van der Waals surface area contributed by atoms with E-state index < -0.39 is 0 Å². The quantitative estimate of drug-likeness (QED) is 0.814. The lowest BCUT2D eigenvalue weighted by Gasteiger charge is -2.34. The van der Waals surface area contributed by atoms with Crippen LogP contribution in [0.5, 0.6) is 0 Å². The number of halogens is 1. The molecule has 140 valence electrons. The van der Waals surface area contributed by atoms with Crippen LogP contribution in [0.2, 0.25) is 5.02 Å². The minimum atomic E-state index is -0.133. The second kappa shape index (κ2) is 7.47. The molecule has 28 heavy (non-hydrogen) atoms. The Bertz CT molecular complexity index is 984. The third-order valence-electron chi connectivity index (χ3n) is 5.23. The Morgan fingerprint density at radius 2 is 2.07 bits per heavy atom. The molecule has 3 heterocycles. The zero-order chi connectivity index (χ0) is 19.7. The van der Waals surface area contributed by atoms with Crippen LogP contribution in [0.1, 0.15) is 28.7 Å². The molecule has 0 spiro atoms. The molecule has 7 heteroatoms. The first-order valence-electron chi connectivity index (χ1n) is 8.87. The summed E-state index contributed by atoms with van der Waals surface area (Å²) < 4.78 is 0. The summed E-state index contributed by atoms with van der Waals surface area (Å²) in [6.07, 6.45) is 8.47. The third kappa shape index (κ3) is 3.15. The van der Waals surface area contributed by atoms with Crippen molar-refractivity contribution in [3.05, 3.63) is 89.5 Å². The Balaban J connectivity index is 1.75. The van der Waals surface area contributed by atoms with Gasteiger partial charge >= 0.3 is 0 Å². The third-order valence-corrected chi connectivity index (χ3v) is 5.56. The van der Waals surface area contributed by atoms with E-state index in [1.807, 2.05) is 35.5 Å². The molecule has 4 rings (SSSR count). The highest BCUT2D eigenvalue weighted by molar-refractivity contribution is 6.31. The molecule has 1 N–H and O–H groups in total. The summed E-state index contributed by atoms with van der Waals surface area (Å²) >= 11 is 6.12. The van der Waals surface area contributed by atoms with Crippen LogP contribution in [-0.2, 0) is 4.79 Å². The van der Waals surface area contributed by atoms with Gasteiger partial charge in [0.15, 0.2) is 0 Å². The highest BCUT2D eigenvalue weighted by Gasteiger charge is 2.44. The van der Waals surface area contributed by atoms with Crippen molar-refractivity contribution in [2.24, 2.45) is 0 Å². The maximum Gasteiger partial charge on any atom is 0.250 e. The van der Waals surface area contributed by atoms with Gasteiger partial charge in [0, 0.05) is 37.3 Å². The van der Waals surface area contributed by atoms with Crippen molar-refractivity contribution in [3.8, 4) is 6.07 Å². The molecular formula is C21H18ClN5O. The topological polar surface area (TPSA) is 72.3 Å². The molecule has 3 atom stereocenters. The number of benzene rings is 1. The number of hydrogen-bond acceptors (Lipinski definition) is 5. The van der Waals surface area contributed by atoms with E-state index >= 15 is 0 Å². The maximum absolute atomic E-state index is 12.1. The summed E-state index contributed by atoms with van der Waals surface area (Å²) in [5.41, 5.74) is 6.03. The Hall–Kier alpha value is -3.14. The molecule has 0 aliphatic carbocycles. The number of amides is 1. The van der Waals surface area contributed by atoms with Crippen LogP contribution in [0.15, 0.2) is 67.8 Å². The monoisotopic (exact) mass is 391 g/mol. The number of nitrogens with one attached hydrogen (secondary N) is 1. The van der Waals surface area contributed by atoms with Gasteiger partial charge in [0.1, 0.15) is 6.07 Å². The van der Waals surface area contributed by atoms with Crippen LogP contribution in [0, 0.1) is 11.3 Å². The smallest absolute Gasteiger partial charge is 0.250 e. The standard InChI is InChI=1S/C21H18ClN5O/c1-2-19(28)26-9-10-27-18(13-26)20(14-5-7-24-8-6-14)21(25-27)15-3-4-17(22)16(11-15)12-23/h2-11,18,20-21,25H,1,13H2. The SMILES string of the molecule is C=CC(=O)N1C=CN2NC(c3ccc(Cl)c(C#N)c3)C(c3ccncc3)C2C1. The van der Waals surface area contributed by atoms with Crippen molar-refractivity contribution < 1.29 is 4.79 Å². The fourth-order valence-corrected chi connectivity index (χ4v) is 4.05. The lowest BCUT2D eigenvalue weighted by atomic mass is 9.83. The predicted molar refractivity (Wildman–Crippen MR) is 106 cm³/mol. The Labute approximate surface area is 168 Å². The Kier molecular flexibility index (Phi) is 4.86. The fraction of sp³-hybridized carbons (Fsp3) is 0.190. The highest BCUT2D eigenvalue weighted by atomic mass is 35.5. The number of nitriles is 1. The zero-order valence-electron chi connectivity index (χ0n) is 15.0. The number of carbonyl (C=O) groups excluding carboxylic acids is 1. The predicted octanol–water partition coefficient (Wildman–Crippen LogP) is 3.12. The Morgan fingerprint density at radius 1 is 1.29 bits per heavy atom. The van der Waals surface area contributed by atoms with E-state index in [9.17, 15) is 10.1 Å². The van der Waals surface area contributed by atoms with Gasteiger partial charge in [-0.2, -0.15) is 5.26 Å². The molecule has 1 aromatic heterocycles. The van der Waals surface area contributed by atoms with Crippen LogP contribution in [0.3, 0.4) is 0 Å². The summed E-state index contributed by atoms with van der Waals surface area (Å²) in [7, 11) is 0. The lowest BCUT2D eigenvalue weighted by molar-refractivity contribution is -0.124. The molecule has 1 fully saturated rings. The highest BCUT2D eigenvalue weighted by Crippen LogP contribution is 2.43. The van der Waals surface area contributed by atoms with Gasteiger partial charge in [-0.05, 0) is 41.5 Å². The molecule has 2 aliphatic heterocycles. The summed E-state index contributed by atoms with van der Waals surface area (Å²) in [6.45, 7) is 4.11. The summed E-state index contributed by atoms with van der Waals surface area (Å²) in [6, 6.07) is 11.6. The molecule has 0 radical (unpaired) electrons. The number of nitrogens with zero attached hydrogens (tertiary/aromatic N) is 4. The van der Waals surface area contributed by atoms with Crippen molar-refractivity contribution in [2.45, 2.75) is 18.0 Å². The number of rotatable bonds is 3. The minimum Gasteiger partial charge on any atom is -0.312 e. The van der Waals surface area contributed by atoms with E-state index in [4.69, 9.17) is 11.6 Å². The number of hydrogen-bond donors (Lipinski definition) is 1. The van der Waals surface area contributed by atoms with Crippen molar-refractivity contribution in [1.82, 2.24) is 20.3 Å². The van der Waals surface area contributed by atoms with Gasteiger partial charge in [0.05, 0.1) is 22.7 Å². The van der Waals surface area contributed by atoms with E-state index in [1.165, 1.54) is 6.08 Å². The second-order valence-electron chi connectivity index (χ2n) is 6.73. The van der Waals surface area contributed by atoms with Crippen molar-refractivity contribution >= 4 is 17.5 Å². The van der Waals surface area contributed by atoms with E-state index in [1.54, 1.807) is 29.6 Å². The number of fused-ring (bicyclic) bond motifs is 1. The van der Waals surface area contributed by atoms with Crippen LogP contribution < -0.4 is 5.43 Å². The van der Waals surface area contributed by atoms with Gasteiger partial charge in [-0.15, -0.1) is 0 Å². The average molecular weight is 392 g/mol. The Morgan fingerprint density at radius 3 is 2.79 bits per heavy atom. The van der Waals surface area contributed by atoms with E-state index in [2.05, 4.69) is 23.1 Å². The molecule has 2 aromatic rings. The normalized spacial score (nSPS) is 23.2. The van der Waals surface area contributed by atoms with Crippen LogP contribution in [-0.4, -0.2) is 33.4 Å². The number of carbonyl (C=O) groups is 1. The van der Waals surface area contributed by atoms with Crippen LogP contribution in [0.25, 0.3) is 0 Å². The molecule has 0 bridgehead atoms. The minimum absolute atomic E-state index is 0.0162. The number of aromatic nitrogens is 1. The fourth-order valence-electron chi connectivity index (χ4n) is 3.89. The summed E-state index contributed by atoms with van der Waals surface area (Å²) in [4.78, 5) is 17.9. The summed E-state index contributed by atoms with van der Waals surface area (Å²) in [5.74, 6) is -0.0909.